The molecule has 0 amide bonds. The zero-order valence-corrected chi connectivity index (χ0v) is 9.83. The van der Waals surface area contributed by atoms with Crippen molar-refractivity contribution in [2.24, 2.45) is 16.8 Å². The fraction of sp³-hybridized carbons (Fsp3) is 0.909. The second-order valence-corrected chi connectivity index (χ2v) is 4.42. The third kappa shape index (κ3) is 4.62. The van der Waals surface area contributed by atoms with Crippen molar-refractivity contribution in [1.29, 1.82) is 0 Å². The Labute approximate surface area is 92.3 Å². The molecule has 0 radical (unpaired) electrons. The Morgan fingerprint density at radius 2 is 2.20 bits per heavy atom. The molecule has 0 heterocycles. The highest BCUT2D eigenvalue weighted by Gasteiger charge is 2.15. The first-order valence-corrected chi connectivity index (χ1v) is 5.78. The molecule has 3 N–H and O–H groups in total. The van der Waals surface area contributed by atoms with Gasteiger partial charge in [0.1, 0.15) is 5.84 Å². The molecule has 4 nitrogen and oxygen atoms in total. The van der Waals surface area contributed by atoms with Crippen LogP contribution in [0.5, 0.6) is 0 Å². The molecular formula is C11H23N3O. The van der Waals surface area contributed by atoms with Crippen molar-refractivity contribution in [2.45, 2.75) is 45.1 Å². The number of aliphatic imine (C=N–C) groups is 1. The minimum atomic E-state index is 0.464. The summed E-state index contributed by atoms with van der Waals surface area (Å²) in [7, 11) is 1.72. The predicted octanol–water partition coefficient (Wildman–Crippen LogP) is 1.46. The van der Waals surface area contributed by atoms with E-state index in [1.165, 1.54) is 25.7 Å². The largest absolute Gasteiger partial charge is 0.384 e. The molecule has 1 unspecified atom stereocenters. The van der Waals surface area contributed by atoms with Crippen LogP contribution in [0, 0.1) is 5.92 Å². The first-order valence-electron chi connectivity index (χ1n) is 5.78. The number of hydrogen-bond donors (Lipinski definition) is 2. The van der Waals surface area contributed by atoms with E-state index in [1.807, 2.05) is 0 Å². The summed E-state index contributed by atoms with van der Waals surface area (Å²) in [6.07, 6.45) is 5.91. The molecule has 88 valence electrons. The standard InChI is InChI=1S/C11H23N3O/c1-9(8-15-2)7-11(14-12)13-10-5-3-4-6-10/h9-10H,3-8,12H2,1-2H3,(H,13,14). The zero-order valence-electron chi connectivity index (χ0n) is 9.83. The predicted molar refractivity (Wildman–Crippen MR) is 62.7 cm³/mol. The summed E-state index contributed by atoms with van der Waals surface area (Å²) >= 11 is 0. The molecule has 0 bridgehead atoms. The van der Waals surface area contributed by atoms with Crippen molar-refractivity contribution < 1.29 is 4.74 Å². The second-order valence-electron chi connectivity index (χ2n) is 4.42. The lowest BCUT2D eigenvalue weighted by atomic mass is 10.1. The van der Waals surface area contributed by atoms with Crippen LogP contribution in [0.25, 0.3) is 0 Å². The van der Waals surface area contributed by atoms with Gasteiger partial charge in [0.15, 0.2) is 0 Å². The average molecular weight is 213 g/mol. The van der Waals surface area contributed by atoms with Crippen LogP contribution in [0.4, 0.5) is 0 Å². The third-order valence-corrected chi connectivity index (χ3v) is 2.82. The van der Waals surface area contributed by atoms with Crippen LogP contribution in [-0.4, -0.2) is 25.6 Å². The fourth-order valence-corrected chi connectivity index (χ4v) is 2.08. The molecule has 1 fully saturated rings. The lowest BCUT2D eigenvalue weighted by molar-refractivity contribution is 0.162. The topological polar surface area (TPSA) is 59.6 Å². The van der Waals surface area contributed by atoms with Crippen molar-refractivity contribution in [3.8, 4) is 0 Å². The highest BCUT2D eigenvalue weighted by Crippen LogP contribution is 2.21. The van der Waals surface area contributed by atoms with E-state index in [9.17, 15) is 0 Å². The van der Waals surface area contributed by atoms with Gasteiger partial charge in [-0.15, -0.1) is 0 Å². The van der Waals surface area contributed by atoms with E-state index in [2.05, 4.69) is 17.3 Å². The van der Waals surface area contributed by atoms with Crippen LogP contribution >= 0.6 is 0 Å². The molecule has 0 aromatic rings. The van der Waals surface area contributed by atoms with E-state index in [0.717, 1.165) is 18.9 Å². The minimum absolute atomic E-state index is 0.464. The Kier molecular flexibility index (Phi) is 5.65. The van der Waals surface area contributed by atoms with Gasteiger partial charge in [0.05, 0.1) is 6.04 Å². The maximum absolute atomic E-state index is 5.47. The Balaban J connectivity index is 2.39. The van der Waals surface area contributed by atoms with Gasteiger partial charge in [0, 0.05) is 20.1 Å². The number of nitrogens with one attached hydrogen (secondary N) is 1. The SMILES string of the molecule is COCC(C)CC(=NC1CCCC1)NN. The van der Waals surface area contributed by atoms with Gasteiger partial charge in [0.2, 0.25) is 0 Å². The maximum Gasteiger partial charge on any atom is 0.111 e. The smallest absolute Gasteiger partial charge is 0.111 e. The van der Waals surface area contributed by atoms with Crippen LogP contribution < -0.4 is 11.3 Å². The zero-order chi connectivity index (χ0) is 11.1. The lowest BCUT2D eigenvalue weighted by Gasteiger charge is -2.13. The third-order valence-electron chi connectivity index (χ3n) is 2.82. The Morgan fingerprint density at radius 1 is 1.53 bits per heavy atom. The van der Waals surface area contributed by atoms with Crippen LogP contribution in [-0.2, 0) is 4.74 Å². The normalized spacial score (nSPS) is 20.6. The van der Waals surface area contributed by atoms with Gasteiger partial charge in [-0.1, -0.05) is 19.8 Å². The lowest BCUT2D eigenvalue weighted by Crippen LogP contribution is -2.33. The van der Waals surface area contributed by atoms with Crippen LogP contribution in [0.2, 0.25) is 0 Å². The molecule has 1 rings (SSSR count). The van der Waals surface area contributed by atoms with Gasteiger partial charge in [-0.25, -0.2) is 5.84 Å². The van der Waals surface area contributed by atoms with E-state index in [1.54, 1.807) is 7.11 Å². The molecule has 1 atom stereocenters. The Bertz CT molecular complexity index is 200. The number of amidine groups is 1. The summed E-state index contributed by atoms with van der Waals surface area (Å²) < 4.78 is 5.10. The van der Waals surface area contributed by atoms with Crippen molar-refractivity contribution >= 4 is 5.84 Å². The minimum Gasteiger partial charge on any atom is -0.384 e. The first kappa shape index (κ1) is 12.5. The highest BCUT2D eigenvalue weighted by molar-refractivity contribution is 5.81. The quantitative estimate of drug-likeness (QED) is 0.314. The number of nitrogens with zero attached hydrogens (tertiary/aromatic N) is 1. The summed E-state index contributed by atoms with van der Waals surface area (Å²) in [5.41, 5.74) is 2.71. The fourth-order valence-electron chi connectivity index (χ4n) is 2.08. The van der Waals surface area contributed by atoms with Gasteiger partial charge in [-0.3, -0.25) is 4.99 Å². The Morgan fingerprint density at radius 3 is 2.73 bits per heavy atom. The highest BCUT2D eigenvalue weighted by atomic mass is 16.5. The van der Waals surface area contributed by atoms with E-state index >= 15 is 0 Å². The number of methoxy groups -OCH3 is 1. The number of ether oxygens (including phenoxy) is 1. The molecule has 15 heavy (non-hydrogen) atoms. The van der Waals surface area contributed by atoms with Gasteiger partial charge in [0.25, 0.3) is 0 Å². The van der Waals surface area contributed by atoms with Crippen molar-refractivity contribution in [3.63, 3.8) is 0 Å². The van der Waals surface area contributed by atoms with Crippen LogP contribution in [0.3, 0.4) is 0 Å². The molecule has 0 aromatic heterocycles. The number of hydrogen-bond acceptors (Lipinski definition) is 3. The number of hydrazine groups is 1. The first-order chi connectivity index (χ1) is 7.26. The van der Waals surface area contributed by atoms with Gasteiger partial charge in [-0.05, 0) is 18.8 Å². The van der Waals surface area contributed by atoms with Crippen LogP contribution in [0.15, 0.2) is 4.99 Å². The summed E-state index contributed by atoms with van der Waals surface area (Å²) in [6, 6.07) is 0.491. The average Bonchev–Trinajstić information content (AvgIpc) is 2.70. The molecular weight excluding hydrogens is 190 g/mol. The maximum atomic E-state index is 5.47. The summed E-state index contributed by atoms with van der Waals surface area (Å²) in [6.45, 7) is 2.90. The molecule has 0 aromatic carbocycles. The van der Waals surface area contributed by atoms with E-state index in [0.29, 0.717) is 12.0 Å². The summed E-state index contributed by atoms with van der Waals surface area (Å²) in [5, 5.41) is 0. The molecule has 0 saturated heterocycles. The van der Waals surface area contributed by atoms with Gasteiger partial charge in [-0.2, -0.15) is 0 Å². The van der Waals surface area contributed by atoms with Crippen molar-refractivity contribution in [1.82, 2.24) is 5.43 Å². The van der Waals surface area contributed by atoms with E-state index in [4.69, 9.17) is 10.6 Å². The number of rotatable bonds is 5. The van der Waals surface area contributed by atoms with Gasteiger partial charge < -0.3 is 10.2 Å². The van der Waals surface area contributed by atoms with Crippen molar-refractivity contribution in [3.05, 3.63) is 0 Å². The van der Waals surface area contributed by atoms with Gasteiger partial charge >= 0.3 is 0 Å². The van der Waals surface area contributed by atoms with Crippen molar-refractivity contribution in [2.75, 3.05) is 13.7 Å². The molecule has 1 saturated carbocycles. The molecule has 4 heteroatoms. The molecule has 1 aliphatic carbocycles. The second kappa shape index (κ2) is 6.80. The number of nitrogens with two attached hydrogens (primary N) is 1. The molecule has 1 aliphatic rings. The van der Waals surface area contributed by atoms with Crippen LogP contribution in [0.1, 0.15) is 39.0 Å². The molecule has 0 aliphatic heterocycles. The Hall–Kier alpha value is -0.610. The monoisotopic (exact) mass is 213 g/mol. The summed E-state index contributed by atoms with van der Waals surface area (Å²) in [4.78, 5) is 4.64. The van der Waals surface area contributed by atoms with E-state index in [-0.39, 0.29) is 0 Å². The van der Waals surface area contributed by atoms with E-state index < -0.39 is 0 Å². The molecule has 0 spiro atoms. The summed E-state index contributed by atoms with van der Waals surface area (Å²) in [5.74, 6) is 6.86.